The van der Waals surface area contributed by atoms with Crippen molar-refractivity contribution in [1.82, 2.24) is 5.32 Å². The normalized spacial score (nSPS) is 10.5. The number of hydrogen-bond acceptors (Lipinski definition) is 1. The molecule has 0 radical (unpaired) electrons. The number of alkyl halides is 2. The summed E-state index contributed by atoms with van der Waals surface area (Å²) in [5, 5.41) is 2.51. The molecular weight excluding hydrogens is 338 g/mol. The second kappa shape index (κ2) is 5.60. The van der Waals surface area contributed by atoms with Crippen LogP contribution in [0.4, 0.5) is 8.78 Å². The van der Waals surface area contributed by atoms with E-state index in [-0.39, 0.29) is 0 Å². The van der Waals surface area contributed by atoms with Crippen molar-refractivity contribution in [2.75, 3.05) is 6.54 Å². The zero-order valence-electron chi connectivity index (χ0n) is 7.44. The van der Waals surface area contributed by atoms with Gasteiger partial charge in [-0.15, -0.1) is 0 Å². The Labute approximate surface area is 104 Å². The first kappa shape index (κ1) is 12.6. The SMILES string of the molecule is O=C(NCC(F)F)c1cc(Cl)ccc1I. The lowest BCUT2D eigenvalue weighted by Crippen LogP contribution is -2.29. The fraction of sp³-hybridized carbons (Fsp3) is 0.222. The fourth-order valence-corrected chi connectivity index (χ4v) is 1.69. The summed E-state index contributed by atoms with van der Waals surface area (Å²) in [4.78, 5) is 11.4. The number of hydrogen-bond donors (Lipinski definition) is 1. The van der Waals surface area contributed by atoms with E-state index >= 15 is 0 Å². The van der Waals surface area contributed by atoms with Gasteiger partial charge >= 0.3 is 0 Å². The lowest BCUT2D eigenvalue weighted by atomic mass is 10.2. The molecule has 1 aromatic rings. The van der Waals surface area contributed by atoms with Crippen molar-refractivity contribution >= 4 is 40.1 Å². The molecule has 0 saturated heterocycles. The standard InChI is InChI=1S/C9H7ClF2INO/c10-5-1-2-7(13)6(3-5)9(15)14-4-8(11)12/h1-3,8H,4H2,(H,14,15). The van der Waals surface area contributed by atoms with Crippen molar-refractivity contribution in [2.45, 2.75) is 6.43 Å². The van der Waals surface area contributed by atoms with Crippen LogP contribution in [-0.4, -0.2) is 18.9 Å². The molecule has 0 saturated carbocycles. The fourth-order valence-electron chi connectivity index (χ4n) is 0.937. The van der Waals surface area contributed by atoms with E-state index in [4.69, 9.17) is 11.6 Å². The maximum atomic E-state index is 11.8. The number of carbonyl (C=O) groups is 1. The first-order valence-corrected chi connectivity index (χ1v) is 5.48. The van der Waals surface area contributed by atoms with Gasteiger partial charge in [0.1, 0.15) is 0 Å². The van der Waals surface area contributed by atoms with Crippen LogP contribution in [-0.2, 0) is 0 Å². The van der Waals surface area contributed by atoms with Crippen LogP contribution in [0.5, 0.6) is 0 Å². The monoisotopic (exact) mass is 345 g/mol. The van der Waals surface area contributed by atoms with Crippen molar-refractivity contribution in [2.24, 2.45) is 0 Å². The lowest BCUT2D eigenvalue weighted by molar-refractivity contribution is 0.0891. The van der Waals surface area contributed by atoms with Crippen LogP contribution in [0.2, 0.25) is 5.02 Å². The maximum absolute atomic E-state index is 11.8. The highest BCUT2D eigenvalue weighted by molar-refractivity contribution is 14.1. The second-order valence-corrected chi connectivity index (χ2v) is 4.32. The summed E-state index contributed by atoms with van der Waals surface area (Å²) in [5.41, 5.74) is 0.309. The van der Waals surface area contributed by atoms with Crippen LogP contribution in [0.25, 0.3) is 0 Å². The molecular formula is C9H7ClF2INO. The Morgan fingerprint density at radius 2 is 2.20 bits per heavy atom. The molecule has 0 fully saturated rings. The first-order valence-electron chi connectivity index (χ1n) is 4.02. The average Bonchev–Trinajstić information content (AvgIpc) is 2.18. The molecule has 0 aromatic heterocycles. The van der Waals surface area contributed by atoms with Crippen LogP contribution in [0.1, 0.15) is 10.4 Å². The Bertz CT molecular complexity index is 373. The molecule has 15 heavy (non-hydrogen) atoms. The quantitative estimate of drug-likeness (QED) is 0.839. The minimum Gasteiger partial charge on any atom is -0.346 e. The molecule has 0 aliphatic carbocycles. The molecule has 1 N–H and O–H groups in total. The average molecular weight is 346 g/mol. The van der Waals surface area contributed by atoms with Gasteiger partial charge in [-0.25, -0.2) is 8.78 Å². The number of rotatable bonds is 3. The van der Waals surface area contributed by atoms with Crippen LogP contribution >= 0.6 is 34.2 Å². The Hall–Kier alpha value is -0.430. The van der Waals surface area contributed by atoms with Gasteiger partial charge in [0.25, 0.3) is 12.3 Å². The Kier molecular flexibility index (Phi) is 4.72. The molecule has 0 aliphatic rings. The largest absolute Gasteiger partial charge is 0.346 e. The molecule has 1 aromatic carbocycles. The summed E-state index contributed by atoms with van der Waals surface area (Å²) in [6, 6.07) is 4.73. The predicted molar refractivity (Wildman–Crippen MR) is 62.5 cm³/mol. The van der Waals surface area contributed by atoms with Crippen LogP contribution in [0.15, 0.2) is 18.2 Å². The van der Waals surface area contributed by atoms with E-state index in [0.29, 0.717) is 14.2 Å². The van der Waals surface area contributed by atoms with Gasteiger partial charge in [0, 0.05) is 8.59 Å². The van der Waals surface area contributed by atoms with E-state index in [1.165, 1.54) is 6.07 Å². The van der Waals surface area contributed by atoms with E-state index in [2.05, 4.69) is 5.32 Å². The van der Waals surface area contributed by atoms with Gasteiger partial charge in [-0.05, 0) is 40.8 Å². The Morgan fingerprint density at radius 1 is 1.53 bits per heavy atom. The molecule has 0 bridgehead atoms. The van der Waals surface area contributed by atoms with E-state index in [0.717, 1.165) is 0 Å². The minimum absolute atomic E-state index is 0.309. The zero-order chi connectivity index (χ0) is 11.4. The number of amides is 1. The summed E-state index contributed by atoms with van der Waals surface area (Å²) in [6.07, 6.45) is -2.55. The smallest absolute Gasteiger partial charge is 0.255 e. The van der Waals surface area contributed by atoms with Crippen molar-refractivity contribution in [1.29, 1.82) is 0 Å². The van der Waals surface area contributed by atoms with Crippen molar-refractivity contribution in [3.05, 3.63) is 32.4 Å². The van der Waals surface area contributed by atoms with E-state index in [9.17, 15) is 13.6 Å². The highest BCUT2D eigenvalue weighted by atomic mass is 127. The number of carbonyl (C=O) groups excluding carboxylic acids is 1. The highest BCUT2D eigenvalue weighted by Crippen LogP contribution is 2.17. The topological polar surface area (TPSA) is 29.1 Å². The maximum Gasteiger partial charge on any atom is 0.255 e. The van der Waals surface area contributed by atoms with E-state index in [1.807, 2.05) is 22.6 Å². The van der Waals surface area contributed by atoms with E-state index < -0.39 is 18.9 Å². The van der Waals surface area contributed by atoms with Crippen molar-refractivity contribution in [3.8, 4) is 0 Å². The molecule has 1 amide bonds. The van der Waals surface area contributed by atoms with Gasteiger partial charge in [-0.1, -0.05) is 11.6 Å². The van der Waals surface area contributed by atoms with Gasteiger partial charge in [0.15, 0.2) is 0 Å². The molecule has 1 rings (SSSR count). The molecule has 82 valence electrons. The van der Waals surface area contributed by atoms with E-state index in [1.54, 1.807) is 12.1 Å². The third-order valence-corrected chi connectivity index (χ3v) is 2.77. The third kappa shape index (κ3) is 3.90. The summed E-state index contributed by atoms with van der Waals surface area (Å²) < 4.78 is 24.4. The highest BCUT2D eigenvalue weighted by Gasteiger charge is 2.12. The number of halogens is 4. The van der Waals surface area contributed by atoms with Crippen molar-refractivity contribution < 1.29 is 13.6 Å². The zero-order valence-corrected chi connectivity index (χ0v) is 10.4. The minimum atomic E-state index is -2.55. The van der Waals surface area contributed by atoms with Gasteiger partial charge in [0.05, 0.1) is 12.1 Å². The molecule has 2 nitrogen and oxygen atoms in total. The molecule has 0 aliphatic heterocycles. The van der Waals surface area contributed by atoms with Gasteiger partial charge in [0.2, 0.25) is 0 Å². The van der Waals surface area contributed by atoms with Gasteiger partial charge in [-0.3, -0.25) is 4.79 Å². The summed E-state index contributed by atoms with van der Waals surface area (Å²) in [7, 11) is 0. The van der Waals surface area contributed by atoms with Crippen LogP contribution in [0, 0.1) is 3.57 Å². The number of nitrogens with one attached hydrogen (secondary N) is 1. The molecule has 0 unspecified atom stereocenters. The summed E-state index contributed by atoms with van der Waals surface area (Å²) >= 11 is 7.63. The molecule has 6 heteroatoms. The summed E-state index contributed by atoms with van der Waals surface area (Å²) in [6.45, 7) is -0.651. The third-order valence-electron chi connectivity index (χ3n) is 1.59. The van der Waals surface area contributed by atoms with Gasteiger partial charge < -0.3 is 5.32 Å². The second-order valence-electron chi connectivity index (χ2n) is 2.73. The van der Waals surface area contributed by atoms with Crippen LogP contribution < -0.4 is 5.32 Å². The lowest BCUT2D eigenvalue weighted by Gasteiger charge is -2.06. The Morgan fingerprint density at radius 3 is 2.80 bits per heavy atom. The van der Waals surface area contributed by atoms with Crippen molar-refractivity contribution in [3.63, 3.8) is 0 Å². The first-order chi connectivity index (χ1) is 7.00. The Balaban J connectivity index is 2.77. The predicted octanol–water partition coefficient (Wildman–Crippen LogP) is 2.94. The van der Waals surface area contributed by atoms with Gasteiger partial charge in [-0.2, -0.15) is 0 Å². The summed E-state index contributed by atoms with van der Waals surface area (Å²) in [5.74, 6) is -0.540. The van der Waals surface area contributed by atoms with Crippen LogP contribution in [0.3, 0.4) is 0 Å². The molecule has 0 spiro atoms. The number of benzene rings is 1. The molecule has 0 atom stereocenters. The molecule has 0 heterocycles.